The predicted octanol–water partition coefficient (Wildman–Crippen LogP) is 2.85. The van der Waals surface area contributed by atoms with Crippen molar-refractivity contribution < 1.29 is 14.3 Å². The van der Waals surface area contributed by atoms with Gasteiger partial charge in [-0.05, 0) is 37.3 Å². The Morgan fingerprint density at radius 2 is 1.78 bits per heavy atom. The lowest BCUT2D eigenvalue weighted by Crippen LogP contribution is -2.36. The maximum atomic E-state index is 12.0. The molecule has 0 spiro atoms. The number of hydrogen-bond donors (Lipinski definition) is 2. The summed E-state index contributed by atoms with van der Waals surface area (Å²) in [7, 11) is 0. The van der Waals surface area contributed by atoms with Gasteiger partial charge in [0.05, 0.1) is 6.10 Å². The van der Waals surface area contributed by atoms with Crippen LogP contribution in [0.4, 0.5) is 5.69 Å². The van der Waals surface area contributed by atoms with Crippen molar-refractivity contribution in [3.63, 3.8) is 0 Å². The van der Waals surface area contributed by atoms with Gasteiger partial charge in [-0.3, -0.25) is 9.59 Å². The van der Waals surface area contributed by atoms with Crippen LogP contribution in [0.2, 0.25) is 0 Å². The zero-order valence-electron chi connectivity index (χ0n) is 14.7. The van der Waals surface area contributed by atoms with Crippen LogP contribution in [0.5, 0.6) is 0 Å². The summed E-state index contributed by atoms with van der Waals surface area (Å²) in [5, 5.41) is 5.30. The van der Waals surface area contributed by atoms with Crippen LogP contribution in [0, 0.1) is 0 Å². The summed E-state index contributed by atoms with van der Waals surface area (Å²) in [5.74, 6) is -1.27. The van der Waals surface area contributed by atoms with Crippen molar-refractivity contribution in [1.29, 1.82) is 0 Å². The fourth-order valence-corrected chi connectivity index (χ4v) is 2.10. The molecule has 0 radical (unpaired) electrons. The van der Waals surface area contributed by atoms with Crippen molar-refractivity contribution in [1.82, 2.24) is 5.32 Å². The van der Waals surface area contributed by atoms with Gasteiger partial charge in [-0.2, -0.15) is 0 Å². The van der Waals surface area contributed by atoms with E-state index >= 15 is 0 Å². The number of carbonyl (C=O) groups is 2. The average molecular weight is 320 g/mol. The first-order valence-electron chi connectivity index (χ1n) is 8.02. The van der Waals surface area contributed by atoms with Gasteiger partial charge in [-0.1, -0.05) is 39.0 Å². The maximum Gasteiger partial charge on any atom is 0.313 e. The summed E-state index contributed by atoms with van der Waals surface area (Å²) in [6.07, 6.45) is 0.846. The highest BCUT2D eigenvalue weighted by Crippen LogP contribution is 2.29. The summed E-state index contributed by atoms with van der Waals surface area (Å²) >= 11 is 0. The fourth-order valence-electron chi connectivity index (χ4n) is 2.10. The molecule has 0 atom stereocenters. The van der Waals surface area contributed by atoms with Crippen LogP contribution in [-0.2, 0) is 19.7 Å². The molecule has 128 valence electrons. The summed E-state index contributed by atoms with van der Waals surface area (Å²) < 4.78 is 5.38. The Bertz CT molecular complexity index is 533. The Hall–Kier alpha value is -1.88. The normalized spacial score (nSPS) is 11.4. The van der Waals surface area contributed by atoms with Gasteiger partial charge >= 0.3 is 11.8 Å². The van der Waals surface area contributed by atoms with Gasteiger partial charge in [0.15, 0.2) is 0 Å². The largest absolute Gasteiger partial charge is 0.379 e. The third-order valence-corrected chi connectivity index (χ3v) is 3.25. The third-order valence-electron chi connectivity index (χ3n) is 3.25. The lowest BCUT2D eigenvalue weighted by atomic mass is 9.86. The molecule has 0 unspecified atom stereocenters. The van der Waals surface area contributed by atoms with E-state index in [0.717, 1.165) is 5.56 Å². The molecule has 0 saturated heterocycles. The van der Waals surface area contributed by atoms with Crippen LogP contribution >= 0.6 is 0 Å². The minimum Gasteiger partial charge on any atom is -0.379 e. The molecule has 0 aliphatic carbocycles. The number of benzene rings is 1. The number of carbonyl (C=O) groups excluding carboxylic acids is 2. The van der Waals surface area contributed by atoms with Crippen LogP contribution in [0.15, 0.2) is 24.3 Å². The van der Waals surface area contributed by atoms with E-state index in [2.05, 4.69) is 31.4 Å². The molecular weight excluding hydrogens is 292 g/mol. The zero-order chi connectivity index (χ0) is 17.5. The molecule has 1 aromatic rings. The van der Waals surface area contributed by atoms with Gasteiger partial charge in [-0.15, -0.1) is 0 Å². The molecule has 1 aromatic carbocycles. The van der Waals surface area contributed by atoms with E-state index in [9.17, 15) is 9.59 Å². The third kappa shape index (κ3) is 6.82. The lowest BCUT2D eigenvalue weighted by molar-refractivity contribution is -0.136. The van der Waals surface area contributed by atoms with Crippen LogP contribution in [0.1, 0.15) is 46.6 Å². The van der Waals surface area contributed by atoms with Gasteiger partial charge in [-0.25, -0.2) is 0 Å². The van der Waals surface area contributed by atoms with Crippen molar-refractivity contribution in [2.75, 3.05) is 18.5 Å². The second kappa shape index (κ2) is 8.67. The predicted molar refractivity (Wildman–Crippen MR) is 92.5 cm³/mol. The molecule has 2 N–H and O–H groups in total. The molecule has 1 rings (SSSR count). The topological polar surface area (TPSA) is 67.4 Å². The first-order valence-corrected chi connectivity index (χ1v) is 8.02. The van der Waals surface area contributed by atoms with E-state index in [1.165, 1.54) is 0 Å². The molecule has 0 aliphatic heterocycles. The van der Waals surface area contributed by atoms with E-state index in [1.54, 1.807) is 0 Å². The minimum atomic E-state index is -0.647. The molecule has 5 nitrogen and oxygen atoms in total. The second-order valence-corrected chi connectivity index (χ2v) is 6.78. The van der Waals surface area contributed by atoms with Crippen molar-refractivity contribution in [2.24, 2.45) is 0 Å². The van der Waals surface area contributed by atoms with Crippen molar-refractivity contribution >= 4 is 17.5 Å². The Kier molecular flexibility index (Phi) is 7.23. The molecule has 23 heavy (non-hydrogen) atoms. The molecule has 0 heterocycles. The molecule has 0 aliphatic rings. The Morgan fingerprint density at radius 3 is 2.39 bits per heavy atom. The van der Waals surface area contributed by atoms with Gasteiger partial charge in [0.25, 0.3) is 0 Å². The number of hydrogen-bond acceptors (Lipinski definition) is 3. The average Bonchev–Trinajstić information content (AvgIpc) is 2.45. The highest BCUT2D eigenvalue weighted by Gasteiger charge is 2.20. The summed E-state index contributed by atoms with van der Waals surface area (Å²) in [6, 6.07) is 7.52. The highest BCUT2D eigenvalue weighted by molar-refractivity contribution is 6.39. The van der Waals surface area contributed by atoms with Crippen molar-refractivity contribution in [3.05, 3.63) is 29.8 Å². The Balaban J connectivity index is 2.52. The van der Waals surface area contributed by atoms with Gasteiger partial charge < -0.3 is 15.4 Å². The Labute approximate surface area is 138 Å². The van der Waals surface area contributed by atoms with Crippen LogP contribution < -0.4 is 10.6 Å². The summed E-state index contributed by atoms with van der Waals surface area (Å²) in [5.41, 5.74) is 1.55. The van der Waals surface area contributed by atoms with Gasteiger partial charge in [0, 0.05) is 18.8 Å². The highest BCUT2D eigenvalue weighted by atomic mass is 16.5. The van der Waals surface area contributed by atoms with E-state index in [1.807, 2.05) is 38.1 Å². The van der Waals surface area contributed by atoms with E-state index in [4.69, 9.17) is 4.74 Å². The quantitative estimate of drug-likeness (QED) is 0.625. The van der Waals surface area contributed by atoms with E-state index < -0.39 is 11.8 Å². The number of anilines is 1. The first-order chi connectivity index (χ1) is 10.7. The number of amides is 2. The van der Waals surface area contributed by atoms with Gasteiger partial charge in [0.2, 0.25) is 0 Å². The standard InChI is InChI=1S/C18H28N2O3/c1-13(2)23-12-8-11-19-16(21)17(22)20-15-10-7-6-9-14(15)18(3,4)5/h6-7,9-10,13H,8,11-12H2,1-5H3,(H,19,21)(H,20,22). The SMILES string of the molecule is CC(C)OCCCNC(=O)C(=O)Nc1ccccc1C(C)(C)C. The molecule has 0 aromatic heterocycles. The van der Waals surface area contributed by atoms with Gasteiger partial charge in [0.1, 0.15) is 0 Å². The molecule has 0 bridgehead atoms. The smallest absolute Gasteiger partial charge is 0.313 e. The number of nitrogens with one attached hydrogen (secondary N) is 2. The van der Waals surface area contributed by atoms with Crippen molar-refractivity contribution in [3.8, 4) is 0 Å². The Morgan fingerprint density at radius 1 is 1.13 bits per heavy atom. The molecule has 2 amide bonds. The fraction of sp³-hybridized carbons (Fsp3) is 0.556. The molecule has 0 fully saturated rings. The van der Waals surface area contributed by atoms with Crippen LogP contribution in [0.25, 0.3) is 0 Å². The summed E-state index contributed by atoms with van der Waals surface area (Å²) in [4.78, 5) is 23.9. The molecule has 0 saturated carbocycles. The molecular formula is C18H28N2O3. The summed E-state index contributed by atoms with van der Waals surface area (Å²) in [6.45, 7) is 11.1. The first kappa shape index (κ1) is 19.2. The zero-order valence-corrected chi connectivity index (χ0v) is 14.7. The van der Waals surface area contributed by atoms with Crippen molar-refractivity contribution in [2.45, 2.75) is 52.6 Å². The van der Waals surface area contributed by atoms with E-state index in [0.29, 0.717) is 25.3 Å². The van der Waals surface area contributed by atoms with E-state index in [-0.39, 0.29) is 11.5 Å². The number of para-hydroxylation sites is 1. The molecule has 5 heteroatoms. The van der Waals surface area contributed by atoms with Crippen LogP contribution in [-0.4, -0.2) is 31.1 Å². The van der Waals surface area contributed by atoms with Crippen LogP contribution in [0.3, 0.4) is 0 Å². The minimum absolute atomic E-state index is 0.117. The number of ether oxygens (including phenoxy) is 1. The number of rotatable bonds is 6. The second-order valence-electron chi connectivity index (χ2n) is 6.78. The lowest BCUT2D eigenvalue weighted by Gasteiger charge is -2.22. The monoisotopic (exact) mass is 320 g/mol. The maximum absolute atomic E-state index is 12.0.